The van der Waals surface area contributed by atoms with E-state index in [0.29, 0.717) is 0 Å². The molecule has 2 rings (SSSR count). The van der Waals surface area contributed by atoms with E-state index in [9.17, 15) is 5.11 Å². The molecule has 19 heavy (non-hydrogen) atoms. The molecule has 0 aromatic heterocycles. The Hall–Kier alpha value is -0.580. The fourth-order valence-corrected chi connectivity index (χ4v) is 2.84. The van der Waals surface area contributed by atoms with Gasteiger partial charge in [-0.2, -0.15) is 0 Å². The number of halogens is 1. The monoisotopic (exact) mass is 326 g/mol. The summed E-state index contributed by atoms with van der Waals surface area (Å²) in [6.07, 6.45) is 0. The Morgan fingerprint density at radius 1 is 1.42 bits per heavy atom. The van der Waals surface area contributed by atoms with Gasteiger partial charge in [0.05, 0.1) is 12.6 Å². The van der Waals surface area contributed by atoms with E-state index in [4.69, 9.17) is 0 Å². The van der Waals surface area contributed by atoms with Crippen LogP contribution < -0.4 is 4.90 Å². The van der Waals surface area contributed by atoms with Gasteiger partial charge in [-0.15, -0.1) is 0 Å². The molecule has 1 fully saturated rings. The third-order valence-electron chi connectivity index (χ3n) is 4.20. The van der Waals surface area contributed by atoms with Crippen LogP contribution >= 0.6 is 15.9 Å². The molecular formula is C15H23BrN2O. The summed E-state index contributed by atoms with van der Waals surface area (Å²) in [6, 6.07) is 6.57. The molecule has 1 N–H and O–H groups in total. The Morgan fingerprint density at radius 3 is 2.68 bits per heavy atom. The lowest BCUT2D eigenvalue weighted by Crippen LogP contribution is -2.63. The maximum atomic E-state index is 9.66. The van der Waals surface area contributed by atoms with Crippen molar-refractivity contribution in [3.05, 3.63) is 28.2 Å². The zero-order valence-corrected chi connectivity index (χ0v) is 13.7. The number of nitrogens with zero attached hydrogens (tertiary/aromatic N) is 2. The van der Waals surface area contributed by atoms with Gasteiger partial charge in [0.25, 0.3) is 0 Å². The van der Waals surface area contributed by atoms with Crippen LogP contribution in [0, 0.1) is 6.92 Å². The zero-order chi connectivity index (χ0) is 14.2. The lowest BCUT2D eigenvalue weighted by Gasteiger charge is -2.50. The van der Waals surface area contributed by atoms with Crippen molar-refractivity contribution in [1.82, 2.24) is 4.90 Å². The normalized spacial score (nSPS) is 23.7. The predicted octanol–water partition coefficient (Wildman–Crippen LogP) is 2.65. The molecule has 0 saturated carbocycles. The minimum absolute atomic E-state index is 0.118. The number of aryl methyl sites for hydroxylation is 1. The van der Waals surface area contributed by atoms with Gasteiger partial charge >= 0.3 is 0 Å². The fraction of sp³-hybridized carbons (Fsp3) is 0.600. The highest BCUT2D eigenvalue weighted by atomic mass is 79.9. The van der Waals surface area contributed by atoms with E-state index in [1.165, 1.54) is 11.3 Å². The third kappa shape index (κ3) is 2.96. The second-order valence-electron chi connectivity index (χ2n) is 6.09. The number of benzene rings is 1. The number of hydrogen-bond donors (Lipinski definition) is 1. The first-order valence-corrected chi connectivity index (χ1v) is 7.49. The molecule has 0 radical (unpaired) electrons. The van der Waals surface area contributed by atoms with Gasteiger partial charge in [-0.3, -0.25) is 4.90 Å². The van der Waals surface area contributed by atoms with E-state index in [1.54, 1.807) is 0 Å². The number of anilines is 1. The molecule has 1 aromatic carbocycles. The highest BCUT2D eigenvalue weighted by Crippen LogP contribution is 2.30. The van der Waals surface area contributed by atoms with Crippen molar-refractivity contribution in [2.75, 3.05) is 31.6 Å². The molecule has 1 aliphatic rings. The quantitative estimate of drug-likeness (QED) is 0.905. The summed E-state index contributed by atoms with van der Waals surface area (Å²) in [5.74, 6) is 0. The van der Waals surface area contributed by atoms with Crippen LogP contribution in [0.15, 0.2) is 22.7 Å². The molecule has 0 bridgehead atoms. The second kappa shape index (κ2) is 5.43. The average Bonchev–Trinajstić information content (AvgIpc) is 2.35. The highest BCUT2D eigenvalue weighted by Gasteiger charge is 2.36. The van der Waals surface area contributed by atoms with Crippen LogP contribution in [0.25, 0.3) is 0 Å². The standard InChI is InChI=1S/C15H23BrN2O/c1-11-7-12(5-6-14(11)16)18-10-15(2,3)17(4)8-13(18)9-19/h5-7,13,19H,8-10H2,1-4H3. The van der Waals surface area contributed by atoms with Gasteiger partial charge in [-0.25, -0.2) is 0 Å². The molecule has 0 aliphatic carbocycles. The van der Waals surface area contributed by atoms with Gasteiger partial charge < -0.3 is 10.0 Å². The summed E-state index contributed by atoms with van der Waals surface area (Å²) in [5, 5.41) is 9.66. The van der Waals surface area contributed by atoms with Crippen LogP contribution in [0.3, 0.4) is 0 Å². The number of likely N-dealkylation sites (N-methyl/N-ethyl adjacent to an activating group) is 1. The summed E-state index contributed by atoms with van der Waals surface area (Å²) in [7, 11) is 2.13. The Labute approximate surface area is 124 Å². The molecule has 1 atom stereocenters. The van der Waals surface area contributed by atoms with E-state index in [1.807, 2.05) is 0 Å². The third-order valence-corrected chi connectivity index (χ3v) is 5.09. The van der Waals surface area contributed by atoms with Gasteiger partial charge in [0.15, 0.2) is 0 Å². The van der Waals surface area contributed by atoms with Gasteiger partial charge in [0.2, 0.25) is 0 Å². The summed E-state index contributed by atoms with van der Waals surface area (Å²) in [4.78, 5) is 4.66. The Bertz CT molecular complexity index is 461. The topological polar surface area (TPSA) is 26.7 Å². The molecule has 0 spiro atoms. The van der Waals surface area contributed by atoms with Crippen molar-refractivity contribution >= 4 is 21.6 Å². The molecule has 1 aliphatic heterocycles. The summed E-state index contributed by atoms with van der Waals surface area (Å²) < 4.78 is 1.13. The van der Waals surface area contributed by atoms with Crippen molar-refractivity contribution < 1.29 is 5.11 Å². The fourth-order valence-electron chi connectivity index (χ4n) is 2.59. The van der Waals surface area contributed by atoms with Crippen LogP contribution in [0.4, 0.5) is 5.69 Å². The number of rotatable bonds is 2. The Kier molecular flexibility index (Phi) is 4.23. The minimum Gasteiger partial charge on any atom is -0.394 e. The molecule has 1 heterocycles. The van der Waals surface area contributed by atoms with Gasteiger partial charge in [-0.05, 0) is 51.6 Å². The molecule has 3 nitrogen and oxygen atoms in total. The number of aliphatic hydroxyl groups is 1. The SMILES string of the molecule is Cc1cc(N2CC(C)(C)N(C)CC2CO)ccc1Br. The molecule has 0 amide bonds. The van der Waals surface area contributed by atoms with Crippen LogP contribution in [0.2, 0.25) is 0 Å². The first-order chi connectivity index (χ1) is 8.85. The molecule has 1 saturated heterocycles. The van der Waals surface area contributed by atoms with Gasteiger partial charge in [-0.1, -0.05) is 15.9 Å². The number of hydrogen-bond acceptors (Lipinski definition) is 3. The van der Waals surface area contributed by atoms with Crippen molar-refractivity contribution in [2.24, 2.45) is 0 Å². The lowest BCUT2D eigenvalue weighted by atomic mass is 9.95. The van der Waals surface area contributed by atoms with E-state index < -0.39 is 0 Å². The summed E-state index contributed by atoms with van der Waals surface area (Å²) >= 11 is 3.54. The predicted molar refractivity (Wildman–Crippen MR) is 83.8 cm³/mol. The maximum absolute atomic E-state index is 9.66. The van der Waals surface area contributed by atoms with Gasteiger partial charge in [0.1, 0.15) is 0 Å². The van der Waals surface area contributed by atoms with E-state index >= 15 is 0 Å². The highest BCUT2D eigenvalue weighted by molar-refractivity contribution is 9.10. The largest absolute Gasteiger partial charge is 0.394 e. The first kappa shape index (κ1) is 14.8. The minimum atomic E-state index is 0.118. The second-order valence-corrected chi connectivity index (χ2v) is 6.95. The molecule has 1 aromatic rings. The van der Waals surface area contributed by atoms with E-state index in [2.05, 4.69) is 71.7 Å². The lowest BCUT2D eigenvalue weighted by molar-refractivity contribution is 0.0932. The van der Waals surface area contributed by atoms with Crippen molar-refractivity contribution in [2.45, 2.75) is 32.4 Å². The molecule has 4 heteroatoms. The van der Waals surface area contributed by atoms with Crippen LogP contribution in [0.1, 0.15) is 19.4 Å². The molecule has 1 unspecified atom stereocenters. The number of piperazine rings is 1. The first-order valence-electron chi connectivity index (χ1n) is 6.70. The van der Waals surface area contributed by atoms with Crippen LogP contribution in [-0.2, 0) is 0 Å². The van der Waals surface area contributed by atoms with Crippen LogP contribution in [-0.4, -0.2) is 48.3 Å². The maximum Gasteiger partial charge on any atom is 0.0648 e. The molecule has 106 valence electrons. The van der Waals surface area contributed by atoms with Crippen LogP contribution in [0.5, 0.6) is 0 Å². The van der Waals surface area contributed by atoms with Crippen molar-refractivity contribution in [3.8, 4) is 0 Å². The summed E-state index contributed by atoms with van der Waals surface area (Å²) in [6.45, 7) is 8.60. The van der Waals surface area contributed by atoms with Crippen molar-refractivity contribution in [3.63, 3.8) is 0 Å². The zero-order valence-electron chi connectivity index (χ0n) is 12.2. The average molecular weight is 327 g/mol. The van der Waals surface area contributed by atoms with Crippen molar-refractivity contribution in [1.29, 1.82) is 0 Å². The van der Waals surface area contributed by atoms with Gasteiger partial charge in [0, 0.05) is 28.8 Å². The molecular weight excluding hydrogens is 304 g/mol. The van der Waals surface area contributed by atoms with E-state index in [0.717, 1.165) is 17.6 Å². The summed E-state index contributed by atoms with van der Waals surface area (Å²) in [5.41, 5.74) is 2.54. The number of aliphatic hydroxyl groups excluding tert-OH is 1. The van der Waals surface area contributed by atoms with E-state index in [-0.39, 0.29) is 18.2 Å². The Morgan fingerprint density at radius 2 is 2.11 bits per heavy atom. The smallest absolute Gasteiger partial charge is 0.0648 e. The Balaban J connectivity index is 2.32.